The van der Waals surface area contributed by atoms with E-state index in [2.05, 4.69) is 16.6 Å². The monoisotopic (exact) mass is 281 g/mol. The molecule has 2 heterocycles. The number of amides is 1. The Morgan fingerprint density at radius 2 is 2.32 bits per heavy atom. The average molecular weight is 281 g/mol. The zero-order valence-corrected chi connectivity index (χ0v) is 12.2. The van der Waals surface area contributed by atoms with Crippen molar-refractivity contribution in [2.75, 3.05) is 6.54 Å². The molecule has 19 heavy (non-hydrogen) atoms. The van der Waals surface area contributed by atoms with E-state index >= 15 is 0 Å². The van der Waals surface area contributed by atoms with E-state index in [0.29, 0.717) is 6.54 Å². The third-order valence-corrected chi connectivity index (χ3v) is 4.82. The molecule has 1 aliphatic rings. The SMILES string of the molecule is CC1c2ccsc2CCN1C(=O)C(C)(C)C(N)=NO. The van der Waals surface area contributed by atoms with Crippen LogP contribution in [0, 0.1) is 5.41 Å². The van der Waals surface area contributed by atoms with Crippen LogP contribution < -0.4 is 5.73 Å². The van der Waals surface area contributed by atoms with Gasteiger partial charge in [-0.15, -0.1) is 11.3 Å². The van der Waals surface area contributed by atoms with Gasteiger partial charge in [0.25, 0.3) is 0 Å². The predicted molar refractivity (Wildman–Crippen MR) is 75.3 cm³/mol. The van der Waals surface area contributed by atoms with Gasteiger partial charge in [-0.25, -0.2) is 0 Å². The molecule has 0 saturated carbocycles. The summed E-state index contributed by atoms with van der Waals surface area (Å²) in [5, 5.41) is 13.8. The number of fused-ring (bicyclic) bond motifs is 1. The Bertz CT molecular complexity index is 522. The van der Waals surface area contributed by atoms with E-state index in [1.807, 2.05) is 11.8 Å². The van der Waals surface area contributed by atoms with Gasteiger partial charge in [-0.2, -0.15) is 0 Å². The number of rotatable bonds is 2. The predicted octanol–water partition coefficient (Wildman–Crippen LogP) is 1.97. The highest BCUT2D eigenvalue weighted by molar-refractivity contribution is 7.10. The highest BCUT2D eigenvalue weighted by Crippen LogP contribution is 2.35. The first kappa shape index (κ1) is 13.9. The van der Waals surface area contributed by atoms with Crippen molar-refractivity contribution < 1.29 is 10.0 Å². The molecule has 1 aliphatic heterocycles. The fourth-order valence-corrected chi connectivity index (χ4v) is 3.34. The average Bonchev–Trinajstić information content (AvgIpc) is 2.86. The fraction of sp³-hybridized carbons (Fsp3) is 0.538. The van der Waals surface area contributed by atoms with Gasteiger partial charge >= 0.3 is 0 Å². The van der Waals surface area contributed by atoms with Gasteiger partial charge in [0, 0.05) is 11.4 Å². The van der Waals surface area contributed by atoms with Gasteiger partial charge in [0.15, 0.2) is 5.84 Å². The normalized spacial score (nSPS) is 20.3. The highest BCUT2D eigenvalue weighted by atomic mass is 32.1. The van der Waals surface area contributed by atoms with Crippen molar-refractivity contribution in [3.63, 3.8) is 0 Å². The van der Waals surface area contributed by atoms with Crippen LogP contribution in [0.25, 0.3) is 0 Å². The van der Waals surface area contributed by atoms with Crippen molar-refractivity contribution >= 4 is 23.1 Å². The van der Waals surface area contributed by atoms with E-state index in [9.17, 15) is 4.79 Å². The Hall–Kier alpha value is -1.56. The highest BCUT2D eigenvalue weighted by Gasteiger charge is 2.40. The van der Waals surface area contributed by atoms with Crippen molar-refractivity contribution in [2.45, 2.75) is 33.2 Å². The lowest BCUT2D eigenvalue weighted by Crippen LogP contribution is -2.50. The molecule has 5 nitrogen and oxygen atoms in total. The van der Waals surface area contributed by atoms with Gasteiger partial charge in [0.05, 0.1) is 6.04 Å². The lowest BCUT2D eigenvalue weighted by Gasteiger charge is -2.38. The topological polar surface area (TPSA) is 78.9 Å². The molecule has 2 rings (SSSR count). The van der Waals surface area contributed by atoms with E-state index in [1.54, 1.807) is 25.2 Å². The molecule has 0 spiro atoms. The first-order valence-corrected chi connectivity index (χ1v) is 7.13. The quantitative estimate of drug-likeness (QED) is 0.376. The summed E-state index contributed by atoms with van der Waals surface area (Å²) < 4.78 is 0. The molecule has 6 heteroatoms. The third-order valence-electron chi connectivity index (χ3n) is 3.82. The molecule has 0 aromatic carbocycles. The van der Waals surface area contributed by atoms with Crippen LogP contribution in [-0.2, 0) is 11.2 Å². The largest absolute Gasteiger partial charge is 0.409 e. The third kappa shape index (κ3) is 2.20. The van der Waals surface area contributed by atoms with Crippen LogP contribution in [0.4, 0.5) is 0 Å². The van der Waals surface area contributed by atoms with Gasteiger partial charge in [-0.3, -0.25) is 4.79 Å². The number of carbonyl (C=O) groups is 1. The van der Waals surface area contributed by atoms with Gasteiger partial charge < -0.3 is 15.8 Å². The summed E-state index contributed by atoms with van der Waals surface area (Å²) in [7, 11) is 0. The Balaban J connectivity index is 2.27. The van der Waals surface area contributed by atoms with Crippen LogP contribution in [0.5, 0.6) is 0 Å². The summed E-state index contributed by atoms with van der Waals surface area (Å²) in [5.41, 5.74) is 5.85. The fourth-order valence-electron chi connectivity index (χ4n) is 2.38. The maximum Gasteiger partial charge on any atom is 0.236 e. The lowest BCUT2D eigenvalue weighted by molar-refractivity contribution is -0.139. The molecule has 0 radical (unpaired) electrons. The molecule has 1 aromatic rings. The smallest absolute Gasteiger partial charge is 0.236 e. The molecule has 104 valence electrons. The van der Waals surface area contributed by atoms with Crippen LogP contribution in [0.15, 0.2) is 16.6 Å². The number of thiophene rings is 1. The van der Waals surface area contributed by atoms with Crippen LogP contribution in [0.1, 0.15) is 37.3 Å². The van der Waals surface area contributed by atoms with E-state index in [4.69, 9.17) is 10.9 Å². The van der Waals surface area contributed by atoms with Crippen LogP contribution >= 0.6 is 11.3 Å². The molecule has 0 saturated heterocycles. The molecule has 0 fully saturated rings. The van der Waals surface area contributed by atoms with Crippen LogP contribution in [0.2, 0.25) is 0 Å². The maximum atomic E-state index is 12.6. The molecule has 1 amide bonds. The minimum Gasteiger partial charge on any atom is -0.409 e. The Labute approximate surface area is 116 Å². The van der Waals surface area contributed by atoms with Crippen molar-refractivity contribution in [3.05, 3.63) is 21.9 Å². The number of oxime groups is 1. The molecular weight excluding hydrogens is 262 g/mol. The summed E-state index contributed by atoms with van der Waals surface area (Å²) >= 11 is 1.73. The molecule has 0 aliphatic carbocycles. The second-order valence-corrected chi connectivity index (χ2v) is 6.33. The van der Waals surface area contributed by atoms with E-state index < -0.39 is 5.41 Å². The molecule has 3 N–H and O–H groups in total. The minimum atomic E-state index is -0.990. The lowest BCUT2D eigenvalue weighted by atomic mass is 9.88. The summed E-state index contributed by atoms with van der Waals surface area (Å²) in [5.74, 6) is -0.159. The summed E-state index contributed by atoms with van der Waals surface area (Å²) in [6.07, 6.45) is 0.870. The number of nitrogens with two attached hydrogens (primary N) is 1. The molecular formula is C13H19N3O2S. The standard InChI is InChI=1S/C13H19N3O2S/c1-8-9-5-7-19-10(9)4-6-16(8)12(17)13(2,3)11(14)15-18/h5,7-8,18H,4,6H2,1-3H3,(H2,14,15). The Kier molecular flexibility index (Phi) is 3.54. The van der Waals surface area contributed by atoms with Gasteiger partial charge in [0.2, 0.25) is 5.91 Å². The molecule has 1 atom stereocenters. The van der Waals surface area contributed by atoms with Gasteiger partial charge in [-0.1, -0.05) is 5.16 Å². The number of amidine groups is 1. The second kappa shape index (κ2) is 4.85. The van der Waals surface area contributed by atoms with Gasteiger partial charge in [0.1, 0.15) is 5.41 Å². The number of nitrogens with zero attached hydrogens (tertiary/aromatic N) is 2. The maximum absolute atomic E-state index is 12.6. The zero-order chi connectivity index (χ0) is 14.2. The van der Waals surface area contributed by atoms with Crippen molar-refractivity contribution in [3.8, 4) is 0 Å². The first-order chi connectivity index (χ1) is 8.89. The zero-order valence-electron chi connectivity index (χ0n) is 11.4. The number of hydrogen-bond donors (Lipinski definition) is 2. The summed E-state index contributed by atoms with van der Waals surface area (Å²) in [6, 6.07) is 2.11. The number of carbonyl (C=O) groups excluding carboxylic acids is 1. The summed E-state index contributed by atoms with van der Waals surface area (Å²) in [4.78, 5) is 15.8. The minimum absolute atomic E-state index is 0.0354. The van der Waals surface area contributed by atoms with Crippen molar-refractivity contribution in [1.82, 2.24) is 4.90 Å². The molecule has 1 unspecified atom stereocenters. The first-order valence-electron chi connectivity index (χ1n) is 6.25. The molecule has 0 bridgehead atoms. The van der Waals surface area contributed by atoms with Gasteiger partial charge in [-0.05, 0) is 44.2 Å². The molecule has 1 aromatic heterocycles. The Morgan fingerprint density at radius 3 is 2.95 bits per heavy atom. The van der Waals surface area contributed by atoms with Crippen molar-refractivity contribution in [2.24, 2.45) is 16.3 Å². The number of hydrogen-bond acceptors (Lipinski definition) is 4. The van der Waals surface area contributed by atoms with E-state index in [1.165, 1.54) is 10.4 Å². The summed E-state index contributed by atoms with van der Waals surface area (Å²) in [6.45, 7) is 6.06. The van der Waals surface area contributed by atoms with E-state index in [-0.39, 0.29) is 17.8 Å². The van der Waals surface area contributed by atoms with Crippen LogP contribution in [-0.4, -0.2) is 28.4 Å². The van der Waals surface area contributed by atoms with Crippen molar-refractivity contribution in [1.29, 1.82) is 0 Å². The van der Waals surface area contributed by atoms with Crippen LogP contribution in [0.3, 0.4) is 0 Å². The second-order valence-electron chi connectivity index (χ2n) is 5.33. The van der Waals surface area contributed by atoms with E-state index in [0.717, 1.165) is 6.42 Å². The Morgan fingerprint density at radius 1 is 1.63 bits per heavy atom.